The van der Waals surface area contributed by atoms with Crippen LogP contribution in [0, 0.1) is 0 Å². The number of nitrogens with zero attached hydrogens (tertiary/aromatic N) is 2. The topological polar surface area (TPSA) is 106 Å². The molecular weight excluding hydrogens is 280 g/mol. The van der Waals surface area contributed by atoms with Gasteiger partial charge in [-0.15, -0.1) is 0 Å². The van der Waals surface area contributed by atoms with Crippen molar-refractivity contribution in [3.8, 4) is 11.5 Å². The van der Waals surface area contributed by atoms with Crippen molar-refractivity contribution in [1.29, 1.82) is 0 Å². The number of furan rings is 1. The Balaban J connectivity index is 2.14. The number of carboxylic acids is 1. The lowest BCUT2D eigenvalue weighted by Crippen LogP contribution is -2.38. The van der Waals surface area contributed by atoms with Crippen LogP contribution < -0.4 is 0 Å². The first kappa shape index (κ1) is 14.8. The van der Waals surface area contributed by atoms with E-state index in [0.717, 1.165) is 4.90 Å². The van der Waals surface area contributed by atoms with Crippen molar-refractivity contribution in [2.75, 3.05) is 26.8 Å². The fraction of sp³-hybridized carbons (Fsp3) is 0.308. The molecule has 2 aromatic heterocycles. The largest absolute Gasteiger partial charge is 0.480 e. The van der Waals surface area contributed by atoms with Crippen LogP contribution in [0.4, 0.5) is 0 Å². The number of aliphatic carboxylic acids is 1. The smallest absolute Gasteiger partial charge is 0.323 e. The van der Waals surface area contributed by atoms with E-state index in [1.54, 1.807) is 12.1 Å². The zero-order valence-corrected chi connectivity index (χ0v) is 11.3. The summed E-state index contributed by atoms with van der Waals surface area (Å²) in [5, 5.41) is 12.5. The summed E-state index contributed by atoms with van der Waals surface area (Å²) in [6, 6.07) is 4.74. The molecule has 0 fully saturated rings. The second kappa shape index (κ2) is 6.71. The third-order valence-electron chi connectivity index (χ3n) is 2.67. The third kappa shape index (κ3) is 3.69. The molecule has 2 aromatic rings. The standard InChI is InChI=1S/C13H14N2O6/c1-19-6-4-15(8-12(16)17)13(18)9-7-11(21-14-9)10-3-2-5-20-10/h2-3,5,7H,4,6,8H2,1H3,(H,16,17). The van der Waals surface area contributed by atoms with Crippen molar-refractivity contribution in [3.63, 3.8) is 0 Å². The highest BCUT2D eigenvalue weighted by Crippen LogP contribution is 2.21. The van der Waals surface area contributed by atoms with Gasteiger partial charge in [-0.25, -0.2) is 0 Å². The second-order valence-corrected chi connectivity index (χ2v) is 4.17. The number of amides is 1. The van der Waals surface area contributed by atoms with E-state index in [1.807, 2.05) is 0 Å². The Morgan fingerprint density at radius 3 is 2.86 bits per heavy atom. The molecule has 0 aliphatic carbocycles. The fourth-order valence-electron chi connectivity index (χ4n) is 1.69. The highest BCUT2D eigenvalue weighted by atomic mass is 16.5. The molecule has 0 aromatic carbocycles. The average Bonchev–Trinajstić information content (AvgIpc) is 3.11. The van der Waals surface area contributed by atoms with E-state index in [4.69, 9.17) is 18.8 Å². The van der Waals surface area contributed by atoms with E-state index >= 15 is 0 Å². The van der Waals surface area contributed by atoms with Crippen LogP contribution in [0.15, 0.2) is 33.4 Å². The molecule has 0 atom stereocenters. The number of ether oxygens (including phenoxy) is 1. The van der Waals surface area contributed by atoms with Gasteiger partial charge in [-0.05, 0) is 12.1 Å². The second-order valence-electron chi connectivity index (χ2n) is 4.17. The van der Waals surface area contributed by atoms with Gasteiger partial charge in [0.25, 0.3) is 5.91 Å². The Hall–Kier alpha value is -2.61. The van der Waals surface area contributed by atoms with Gasteiger partial charge >= 0.3 is 5.97 Å². The first-order valence-electron chi connectivity index (χ1n) is 6.12. The average molecular weight is 294 g/mol. The van der Waals surface area contributed by atoms with Crippen molar-refractivity contribution in [2.24, 2.45) is 0 Å². The maximum Gasteiger partial charge on any atom is 0.323 e. The maximum absolute atomic E-state index is 12.2. The van der Waals surface area contributed by atoms with E-state index in [1.165, 1.54) is 19.4 Å². The molecule has 112 valence electrons. The van der Waals surface area contributed by atoms with Crippen LogP contribution in [-0.4, -0.2) is 53.8 Å². The Morgan fingerprint density at radius 1 is 1.43 bits per heavy atom. The van der Waals surface area contributed by atoms with Gasteiger partial charge in [0, 0.05) is 19.7 Å². The van der Waals surface area contributed by atoms with Gasteiger partial charge in [0.15, 0.2) is 11.5 Å². The first-order valence-corrected chi connectivity index (χ1v) is 6.12. The van der Waals surface area contributed by atoms with Gasteiger partial charge in [0.2, 0.25) is 5.76 Å². The monoisotopic (exact) mass is 294 g/mol. The molecule has 0 aliphatic heterocycles. The van der Waals surface area contributed by atoms with E-state index < -0.39 is 18.4 Å². The molecule has 21 heavy (non-hydrogen) atoms. The zero-order valence-electron chi connectivity index (χ0n) is 11.3. The quantitative estimate of drug-likeness (QED) is 0.815. The molecule has 1 amide bonds. The van der Waals surface area contributed by atoms with E-state index in [-0.39, 0.29) is 18.8 Å². The fourth-order valence-corrected chi connectivity index (χ4v) is 1.69. The van der Waals surface area contributed by atoms with Gasteiger partial charge in [-0.2, -0.15) is 0 Å². The summed E-state index contributed by atoms with van der Waals surface area (Å²) in [7, 11) is 1.47. The Kier molecular flexibility index (Phi) is 4.72. The van der Waals surface area contributed by atoms with Crippen molar-refractivity contribution in [2.45, 2.75) is 0 Å². The van der Waals surface area contributed by atoms with Crippen LogP contribution in [-0.2, 0) is 9.53 Å². The van der Waals surface area contributed by atoms with Gasteiger partial charge in [-0.3, -0.25) is 9.59 Å². The minimum absolute atomic E-state index is 0.0127. The minimum Gasteiger partial charge on any atom is -0.480 e. The van der Waals surface area contributed by atoms with E-state index in [9.17, 15) is 9.59 Å². The Bertz CT molecular complexity index is 604. The molecule has 8 nitrogen and oxygen atoms in total. The highest BCUT2D eigenvalue weighted by molar-refractivity contribution is 5.94. The van der Waals surface area contributed by atoms with Crippen molar-refractivity contribution < 1.29 is 28.4 Å². The molecule has 0 bridgehead atoms. The summed E-state index contributed by atoms with van der Waals surface area (Å²) in [5.41, 5.74) is 0.0127. The SMILES string of the molecule is COCCN(CC(=O)O)C(=O)c1cc(-c2ccco2)on1. The molecule has 0 saturated heterocycles. The van der Waals surface area contributed by atoms with Crippen LogP contribution in [0.3, 0.4) is 0 Å². The number of hydrogen-bond acceptors (Lipinski definition) is 6. The van der Waals surface area contributed by atoms with E-state index in [0.29, 0.717) is 11.5 Å². The van der Waals surface area contributed by atoms with Gasteiger partial charge in [0.05, 0.1) is 12.9 Å². The molecule has 0 saturated carbocycles. The number of aromatic nitrogens is 1. The van der Waals surface area contributed by atoms with Gasteiger partial charge in [0.1, 0.15) is 6.54 Å². The third-order valence-corrected chi connectivity index (χ3v) is 2.67. The number of rotatable bonds is 7. The van der Waals surface area contributed by atoms with Gasteiger partial charge in [-0.1, -0.05) is 5.16 Å². The molecular formula is C13H14N2O6. The first-order chi connectivity index (χ1) is 10.1. The van der Waals surface area contributed by atoms with Crippen LogP contribution in [0.5, 0.6) is 0 Å². The van der Waals surface area contributed by atoms with Crippen LogP contribution in [0.2, 0.25) is 0 Å². The molecule has 0 aliphatic rings. The zero-order chi connectivity index (χ0) is 15.2. The molecule has 0 radical (unpaired) electrons. The number of methoxy groups -OCH3 is 1. The van der Waals surface area contributed by atoms with Crippen LogP contribution in [0.1, 0.15) is 10.5 Å². The van der Waals surface area contributed by atoms with Crippen LogP contribution in [0.25, 0.3) is 11.5 Å². The van der Waals surface area contributed by atoms with Crippen molar-refractivity contribution in [1.82, 2.24) is 10.1 Å². The highest BCUT2D eigenvalue weighted by Gasteiger charge is 2.22. The number of carbonyl (C=O) groups is 2. The summed E-state index contributed by atoms with van der Waals surface area (Å²) in [6.07, 6.45) is 1.47. The van der Waals surface area contributed by atoms with Crippen LogP contribution >= 0.6 is 0 Å². The normalized spacial score (nSPS) is 10.5. The van der Waals surface area contributed by atoms with Crippen molar-refractivity contribution in [3.05, 3.63) is 30.2 Å². The lowest BCUT2D eigenvalue weighted by Gasteiger charge is -2.18. The molecule has 1 N–H and O–H groups in total. The predicted octanol–water partition coefficient (Wildman–Crippen LogP) is 1.11. The Labute approximate surface area is 119 Å². The summed E-state index contributed by atoms with van der Waals surface area (Å²) in [6.45, 7) is -0.0718. The number of carboxylic acid groups (broad SMARTS) is 1. The minimum atomic E-state index is -1.12. The maximum atomic E-state index is 12.2. The lowest BCUT2D eigenvalue weighted by atomic mass is 10.3. The summed E-state index contributed by atoms with van der Waals surface area (Å²) >= 11 is 0. The molecule has 2 rings (SSSR count). The molecule has 2 heterocycles. The molecule has 8 heteroatoms. The summed E-state index contributed by atoms with van der Waals surface area (Å²) < 4.78 is 15.0. The number of hydrogen-bond donors (Lipinski definition) is 1. The Morgan fingerprint density at radius 2 is 2.24 bits per heavy atom. The molecule has 0 unspecified atom stereocenters. The van der Waals surface area contributed by atoms with Crippen molar-refractivity contribution >= 4 is 11.9 Å². The predicted molar refractivity (Wildman–Crippen MR) is 69.6 cm³/mol. The van der Waals surface area contributed by atoms with E-state index in [2.05, 4.69) is 5.16 Å². The lowest BCUT2D eigenvalue weighted by molar-refractivity contribution is -0.137. The van der Waals surface area contributed by atoms with Gasteiger partial charge < -0.3 is 23.7 Å². The number of carbonyl (C=O) groups excluding carboxylic acids is 1. The summed E-state index contributed by atoms with van der Waals surface area (Å²) in [4.78, 5) is 24.2. The molecule has 0 spiro atoms. The summed E-state index contributed by atoms with van der Waals surface area (Å²) in [5.74, 6) is -0.932.